The standard InChI is InChI=1S/C11H18N2OS/c1-12-6-4-7-13(2)11(14)9-10-5-3-8-15-10/h3,5,8,12H,4,6-7,9H2,1-2H3. The highest BCUT2D eigenvalue weighted by molar-refractivity contribution is 7.10. The highest BCUT2D eigenvalue weighted by Gasteiger charge is 2.09. The minimum atomic E-state index is 0.202. The Morgan fingerprint density at radius 3 is 3.00 bits per heavy atom. The van der Waals surface area contributed by atoms with Crippen molar-refractivity contribution in [2.75, 3.05) is 27.2 Å². The van der Waals surface area contributed by atoms with E-state index in [4.69, 9.17) is 0 Å². The maximum atomic E-state index is 11.7. The summed E-state index contributed by atoms with van der Waals surface area (Å²) in [4.78, 5) is 14.7. The summed E-state index contributed by atoms with van der Waals surface area (Å²) in [5.41, 5.74) is 0. The lowest BCUT2D eigenvalue weighted by Crippen LogP contribution is -2.30. The molecule has 0 unspecified atom stereocenters. The highest BCUT2D eigenvalue weighted by atomic mass is 32.1. The van der Waals surface area contributed by atoms with Gasteiger partial charge in [-0.2, -0.15) is 0 Å². The molecular weight excluding hydrogens is 208 g/mol. The fourth-order valence-corrected chi connectivity index (χ4v) is 2.01. The lowest BCUT2D eigenvalue weighted by molar-refractivity contribution is -0.129. The number of hydrogen-bond acceptors (Lipinski definition) is 3. The fraction of sp³-hybridized carbons (Fsp3) is 0.545. The van der Waals surface area contributed by atoms with E-state index in [-0.39, 0.29) is 5.91 Å². The van der Waals surface area contributed by atoms with E-state index < -0.39 is 0 Å². The number of carbonyl (C=O) groups excluding carboxylic acids is 1. The number of hydrogen-bond donors (Lipinski definition) is 1. The van der Waals surface area contributed by atoms with Crippen LogP contribution in [0.2, 0.25) is 0 Å². The summed E-state index contributed by atoms with van der Waals surface area (Å²) in [6.45, 7) is 1.78. The molecule has 0 aliphatic carbocycles. The first-order valence-electron chi connectivity index (χ1n) is 5.15. The first-order valence-corrected chi connectivity index (χ1v) is 6.03. The summed E-state index contributed by atoms with van der Waals surface area (Å²) < 4.78 is 0. The van der Waals surface area contributed by atoms with Gasteiger partial charge in [-0.05, 0) is 31.5 Å². The number of thiophene rings is 1. The second-order valence-electron chi connectivity index (χ2n) is 3.53. The van der Waals surface area contributed by atoms with Gasteiger partial charge in [0.15, 0.2) is 0 Å². The van der Waals surface area contributed by atoms with E-state index in [2.05, 4.69) is 5.32 Å². The third-order valence-corrected chi connectivity index (χ3v) is 3.13. The van der Waals surface area contributed by atoms with Gasteiger partial charge in [0.05, 0.1) is 6.42 Å². The van der Waals surface area contributed by atoms with Crippen molar-refractivity contribution in [3.63, 3.8) is 0 Å². The molecule has 0 bridgehead atoms. The van der Waals surface area contributed by atoms with Gasteiger partial charge in [0.1, 0.15) is 0 Å². The molecule has 0 fully saturated rings. The van der Waals surface area contributed by atoms with Gasteiger partial charge in [0.2, 0.25) is 5.91 Å². The summed E-state index contributed by atoms with van der Waals surface area (Å²) in [5, 5.41) is 5.08. The van der Waals surface area contributed by atoms with Crippen molar-refractivity contribution in [3.05, 3.63) is 22.4 Å². The van der Waals surface area contributed by atoms with Crippen molar-refractivity contribution in [3.8, 4) is 0 Å². The molecule has 0 radical (unpaired) electrons. The summed E-state index contributed by atoms with van der Waals surface area (Å²) in [5.74, 6) is 0.202. The van der Waals surface area contributed by atoms with Gasteiger partial charge >= 0.3 is 0 Å². The normalized spacial score (nSPS) is 10.3. The fourth-order valence-electron chi connectivity index (χ4n) is 1.31. The Morgan fingerprint density at radius 2 is 2.40 bits per heavy atom. The molecule has 0 spiro atoms. The predicted molar refractivity (Wildman–Crippen MR) is 64.2 cm³/mol. The quantitative estimate of drug-likeness (QED) is 0.743. The molecule has 1 aromatic rings. The van der Waals surface area contributed by atoms with Crippen LogP contribution in [0.5, 0.6) is 0 Å². The first kappa shape index (κ1) is 12.2. The van der Waals surface area contributed by atoms with E-state index in [1.54, 1.807) is 16.2 Å². The van der Waals surface area contributed by atoms with E-state index in [1.165, 1.54) is 0 Å². The Balaban J connectivity index is 2.27. The Hall–Kier alpha value is -0.870. The minimum absolute atomic E-state index is 0.202. The molecule has 1 aromatic heterocycles. The van der Waals surface area contributed by atoms with Gasteiger partial charge in [0, 0.05) is 18.5 Å². The summed E-state index contributed by atoms with van der Waals surface area (Å²) in [7, 11) is 3.79. The molecule has 0 aliphatic heterocycles. The molecule has 1 N–H and O–H groups in total. The molecule has 1 rings (SSSR count). The molecule has 0 saturated carbocycles. The molecule has 0 aromatic carbocycles. The van der Waals surface area contributed by atoms with Crippen LogP contribution in [0, 0.1) is 0 Å². The predicted octanol–water partition coefficient (Wildman–Crippen LogP) is 1.36. The van der Waals surface area contributed by atoms with Crippen LogP contribution in [0.25, 0.3) is 0 Å². The Bertz CT molecular complexity index is 285. The SMILES string of the molecule is CNCCCN(C)C(=O)Cc1cccs1. The third kappa shape index (κ3) is 4.44. The zero-order chi connectivity index (χ0) is 11.1. The highest BCUT2D eigenvalue weighted by Crippen LogP contribution is 2.10. The zero-order valence-corrected chi connectivity index (χ0v) is 10.1. The Morgan fingerprint density at radius 1 is 1.60 bits per heavy atom. The number of nitrogens with one attached hydrogen (secondary N) is 1. The average molecular weight is 226 g/mol. The monoisotopic (exact) mass is 226 g/mol. The minimum Gasteiger partial charge on any atom is -0.345 e. The third-order valence-electron chi connectivity index (χ3n) is 2.25. The van der Waals surface area contributed by atoms with Crippen molar-refractivity contribution >= 4 is 17.2 Å². The maximum Gasteiger partial charge on any atom is 0.227 e. The van der Waals surface area contributed by atoms with Gasteiger partial charge in [-0.25, -0.2) is 0 Å². The van der Waals surface area contributed by atoms with Gasteiger partial charge in [-0.15, -0.1) is 11.3 Å². The molecule has 3 nitrogen and oxygen atoms in total. The van der Waals surface area contributed by atoms with Crippen LogP contribution < -0.4 is 5.32 Å². The largest absolute Gasteiger partial charge is 0.345 e. The van der Waals surface area contributed by atoms with Crippen LogP contribution in [0.15, 0.2) is 17.5 Å². The lowest BCUT2D eigenvalue weighted by atomic mass is 10.3. The summed E-state index contributed by atoms with van der Waals surface area (Å²) in [6.07, 6.45) is 1.54. The van der Waals surface area contributed by atoms with Crippen LogP contribution in [0.1, 0.15) is 11.3 Å². The molecule has 15 heavy (non-hydrogen) atoms. The van der Waals surface area contributed by atoms with Gasteiger partial charge in [-0.3, -0.25) is 4.79 Å². The van der Waals surface area contributed by atoms with Gasteiger partial charge in [-0.1, -0.05) is 6.07 Å². The maximum absolute atomic E-state index is 11.7. The van der Waals surface area contributed by atoms with E-state index in [0.717, 1.165) is 24.4 Å². The van der Waals surface area contributed by atoms with Crippen molar-refractivity contribution in [2.24, 2.45) is 0 Å². The van der Waals surface area contributed by atoms with Crippen molar-refractivity contribution in [2.45, 2.75) is 12.8 Å². The molecular formula is C11H18N2OS. The van der Waals surface area contributed by atoms with Crippen molar-refractivity contribution < 1.29 is 4.79 Å². The Labute approximate surface area is 95.1 Å². The van der Waals surface area contributed by atoms with Gasteiger partial charge in [0.25, 0.3) is 0 Å². The smallest absolute Gasteiger partial charge is 0.227 e. The summed E-state index contributed by atoms with van der Waals surface area (Å²) in [6, 6.07) is 3.98. The van der Waals surface area contributed by atoms with E-state index in [0.29, 0.717) is 6.42 Å². The number of likely N-dealkylation sites (N-methyl/N-ethyl adjacent to an activating group) is 1. The van der Waals surface area contributed by atoms with Crippen molar-refractivity contribution in [1.82, 2.24) is 10.2 Å². The zero-order valence-electron chi connectivity index (χ0n) is 9.32. The van der Waals surface area contributed by atoms with Crippen LogP contribution in [-0.2, 0) is 11.2 Å². The van der Waals surface area contributed by atoms with E-state index in [1.807, 2.05) is 31.6 Å². The van der Waals surface area contributed by atoms with Crippen LogP contribution >= 0.6 is 11.3 Å². The van der Waals surface area contributed by atoms with Crippen LogP contribution in [0.3, 0.4) is 0 Å². The van der Waals surface area contributed by atoms with Crippen LogP contribution in [0.4, 0.5) is 0 Å². The first-order chi connectivity index (χ1) is 7.24. The second kappa shape index (κ2) is 6.58. The van der Waals surface area contributed by atoms with Gasteiger partial charge < -0.3 is 10.2 Å². The second-order valence-corrected chi connectivity index (χ2v) is 4.56. The van der Waals surface area contributed by atoms with Crippen LogP contribution in [-0.4, -0.2) is 38.0 Å². The Kier molecular flexibility index (Phi) is 5.36. The molecule has 0 atom stereocenters. The summed E-state index contributed by atoms with van der Waals surface area (Å²) >= 11 is 1.64. The number of amides is 1. The number of nitrogens with zero attached hydrogens (tertiary/aromatic N) is 1. The van der Waals surface area contributed by atoms with E-state index in [9.17, 15) is 4.79 Å². The molecule has 0 aliphatic rings. The molecule has 1 heterocycles. The number of carbonyl (C=O) groups is 1. The van der Waals surface area contributed by atoms with E-state index >= 15 is 0 Å². The molecule has 1 amide bonds. The molecule has 84 valence electrons. The average Bonchev–Trinajstić information content (AvgIpc) is 2.70. The molecule has 0 saturated heterocycles. The lowest BCUT2D eigenvalue weighted by Gasteiger charge is -2.16. The number of rotatable bonds is 6. The molecule has 4 heteroatoms. The van der Waals surface area contributed by atoms with Crippen molar-refractivity contribution in [1.29, 1.82) is 0 Å². The topological polar surface area (TPSA) is 32.3 Å².